The first-order valence-electron chi connectivity index (χ1n) is 7.30. The Bertz CT molecular complexity index is 510. The van der Waals surface area contributed by atoms with Gasteiger partial charge in [0.15, 0.2) is 0 Å². The number of hydrogen-bond acceptors (Lipinski definition) is 1. The third-order valence-electron chi connectivity index (χ3n) is 3.60. The summed E-state index contributed by atoms with van der Waals surface area (Å²) >= 11 is 0. The Hall–Kier alpha value is -1.67. The average Bonchev–Trinajstić information content (AvgIpc) is 2.49. The van der Waals surface area contributed by atoms with Gasteiger partial charge >= 0.3 is 0 Å². The monoisotopic (exact) mass is 271 g/mol. The summed E-state index contributed by atoms with van der Waals surface area (Å²) in [6, 6.07) is 17.9. The summed E-state index contributed by atoms with van der Waals surface area (Å²) in [5.74, 6) is -0.106. The van der Waals surface area contributed by atoms with Crippen molar-refractivity contribution in [1.29, 1.82) is 0 Å². The Labute approximate surface area is 120 Å². The molecule has 106 valence electrons. The van der Waals surface area contributed by atoms with Gasteiger partial charge in [0, 0.05) is 6.04 Å². The van der Waals surface area contributed by atoms with Crippen molar-refractivity contribution in [2.45, 2.75) is 32.2 Å². The van der Waals surface area contributed by atoms with Crippen LogP contribution in [0, 0.1) is 5.82 Å². The molecule has 0 spiro atoms. The van der Waals surface area contributed by atoms with E-state index in [2.05, 4.69) is 36.5 Å². The van der Waals surface area contributed by atoms with E-state index >= 15 is 0 Å². The van der Waals surface area contributed by atoms with Crippen molar-refractivity contribution in [3.8, 4) is 0 Å². The first-order valence-corrected chi connectivity index (χ1v) is 7.30. The van der Waals surface area contributed by atoms with Crippen LogP contribution in [0.3, 0.4) is 0 Å². The summed E-state index contributed by atoms with van der Waals surface area (Å²) in [6.45, 7) is 3.00. The first kappa shape index (κ1) is 14.7. The van der Waals surface area contributed by atoms with E-state index in [1.807, 2.05) is 18.2 Å². The largest absolute Gasteiger partial charge is 0.313 e. The van der Waals surface area contributed by atoms with Gasteiger partial charge in [-0.2, -0.15) is 0 Å². The number of benzene rings is 2. The zero-order chi connectivity index (χ0) is 14.2. The van der Waals surface area contributed by atoms with Crippen LogP contribution in [-0.2, 0) is 12.8 Å². The smallest absolute Gasteiger partial charge is 0.126 e. The van der Waals surface area contributed by atoms with E-state index in [-0.39, 0.29) is 5.82 Å². The number of nitrogens with one attached hydrogen (secondary N) is 1. The molecule has 1 atom stereocenters. The molecule has 1 nitrogen and oxygen atoms in total. The van der Waals surface area contributed by atoms with Gasteiger partial charge in [0.2, 0.25) is 0 Å². The van der Waals surface area contributed by atoms with Gasteiger partial charge in [-0.1, -0.05) is 55.5 Å². The minimum Gasteiger partial charge on any atom is -0.313 e. The van der Waals surface area contributed by atoms with Gasteiger partial charge < -0.3 is 5.32 Å². The molecular weight excluding hydrogens is 249 g/mol. The molecule has 0 saturated carbocycles. The Morgan fingerprint density at radius 2 is 1.70 bits per heavy atom. The molecular formula is C18H22FN. The second-order valence-corrected chi connectivity index (χ2v) is 5.09. The van der Waals surface area contributed by atoms with Crippen LogP contribution in [0.5, 0.6) is 0 Å². The lowest BCUT2D eigenvalue weighted by Gasteiger charge is -2.17. The highest BCUT2D eigenvalue weighted by molar-refractivity contribution is 5.18. The van der Waals surface area contributed by atoms with E-state index in [0.717, 1.165) is 31.4 Å². The van der Waals surface area contributed by atoms with Crippen LogP contribution in [0.15, 0.2) is 54.6 Å². The van der Waals surface area contributed by atoms with E-state index in [1.54, 1.807) is 6.07 Å². The summed E-state index contributed by atoms with van der Waals surface area (Å²) in [5, 5.41) is 3.53. The van der Waals surface area contributed by atoms with Crippen LogP contribution in [-0.4, -0.2) is 12.6 Å². The Morgan fingerprint density at radius 3 is 2.40 bits per heavy atom. The minimum atomic E-state index is -0.106. The molecule has 0 heterocycles. The molecule has 0 aliphatic heterocycles. The van der Waals surface area contributed by atoms with Crippen molar-refractivity contribution in [3.05, 3.63) is 71.5 Å². The van der Waals surface area contributed by atoms with Gasteiger partial charge in [0.05, 0.1) is 0 Å². The van der Waals surface area contributed by atoms with Gasteiger partial charge in [0.25, 0.3) is 0 Å². The molecule has 0 radical (unpaired) electrons. The molecule has 0 aliphatic rings. The van der Waals surface area contributed by atoms with Crippen molar-refractivity contribution in [3.63, 3.8) is 0 Å². The van der Waals surface area contributed by atoms with Crippen molar-refractivity contribution in [1.82, 2.24) is 5.32 Å². The summed E-state index contributed by atoms with van der Waals surface area (Å²) < 4.78 is 13.5. The number of rotatable bonds is 7. The van der Waals surface area contributed by atoms with Crippen LogP contribution in [0.1, 0.15) is 24.5 Å². The topological polar surface area (TPSA) is 12.0 Å². The van der Waals surface area contributed by atoms with E-state index < -0.39 is 0 Å². The number of hydrogen-bond donors (Lipinski definition) is 1. The van der Waals surface area contributed by atoms with Gasteiger partial charge in [-0.15, -0.1) is 0 Å². The molecule has 0 aromatic heterocycles. The highest BCUT2D eigenvalue weighted by Gasteiger charge is 2.07. The van der Waals surface area contributed by atoms with Crippen molar-refractivity contribution < 1.29 is 4.39 Å². The first-order chi connectivity index (χ1) is 9.79. The molecule has 1 N–H and O–H groups in total. The Balaban J connectivity index is 1.81. The summed E-state index contributed by atoms with van der Waals surface area (Å²) in [4.78, 5) is 0. The molecule has 2 aromatic carbocycles. The SMILES string of the molecule is CCC(Cc1ccccc1)NCCc1ccccc1F. The Morgan fingerprint density at radius 1 is 1.00 bits per heavy atom. The predicted molar refractivity (Wildman–Crippen MR) is 82.3 cm³/mol. The minimum absolute atomic E-state index is 0.106. The number of halogens is 1. The third kappa shape index (κ3) is 4.46. The van der Waals surface area contributed by atoms with Crippen molar-refractivity contribution in [2.24, 2.45) is 0 Å². The van der Waals surface area contributed by atoms with E-state index in [1.165, 1.54) is 11.6 Å². The highest BCUT2D eigenvalue weighted by Crippen LogP contribution is 2.08. The molecule has 1 unspecified atom stereocenters. The third-order valence-corrected chi connectivity index (χ3v) is 3.60. The molecule has 0 fully saturated rings. The lowest BCUT2D eigenvalue weighted by atomic mass is 10.0. The quantitative estimate of drug-likeness (QED) is 0.803. The van der Waals surface area contributed by atoms with Crippen LogP contribution in [0.4, 0.5) is 4.39 Å². The lowest BCUT2D eigenvalue weighted by Crippen LogP contribution is -2.32. The van der Waals surface area contributed by atoms with Gasteiger partial charge in [-0.05, 0) is 43.0 Å². The maximum absolute atomic E-state index is 13.5. The van der Waals surface area contributed by atoms with Crippen LogP contribution in [0.25, 0.3) is 0 Å². The average molecular weight is 271 g/mol. The molecule has 2 heteroatoms. The van der Waals surface area contributed by atoms with Crippen LogP contribution < -0.4 is 5.32 Å². The summed E-state index contributed by atoms with van der Waals surface area (Å²) in [5.41, 5.74) is 2.13. The molecule has 0 saturated heterocycles. The highest BCUT2D eigenvalue weighted by atomic mass is 19.1. The maximum Gasteiger partial charge on any atom is 0.126 e. The fourth-order valence-corrected chi connectivity index (χ4v) is 2.37. The maximum atomic E-state index is 13.5. The van der Waals surface area contributed by atoms with Crippen LogP contribution >= 0.6 is 0 Å². The van der Waals surface area contributed by atoms with E-state index in [0.29, 0.717) is 6.04 Å². The summed E-state index contributed by atoms with van der Waals surface area (Å²) in [7, 11) is 0. The second-order valence-electron chi connectivity index (χ2n) is 5.09. The molecule has 20 heavy (non-hydrogen) atoms. The van der Waals surface area contributed by atoms with Gasteiger partial charge in [0.1, 0.15) is 5.82 Å². The van der Waals surface area contributed by atoms with Gasteiger partial charge in [-0.3, -0.25) is 0 Å². The van der Waals surface area contributed by atoms with Gasteiger partial charge in [-0.25, -0.2) is 4.39 Å². The standard InChI is InChI=1S/C18H22FN/c1-2-17(14-15-8-4-3-5-9-15)20-13-12-16-10-6-7-11-18(16)19/h3-11,17,20H,2,12-14H2,1H3. The fourth-order valence-electron chi connectivity index (χ4n) is 2.37. The van der Waals surface area contributed by atoms with Crippen molar-refractivity contribution >= 4 is 0 Å². The zero-order valence-electron chi connectivity index (χ0n) is 12.0. The Kier molecular flexibility index (Phi) is 5.75. The second kappa shape index (κ2) is 7.81. The molecule has 2 aromatic rings. The van der Waals surface area contributed by atoms with E-state index in [9.17, 15) is 4.39 Å². The van der Waals surface area contributed by atoms with Crippen LogP contribution in [0.2, 0.25) is 0 Å². The molecule has 0 aliphatic carbocycles. The molecule has 0 bridgehead atoms. The summed E-state index contributed by atoms with van der Waals surface area (Å²) in [6.07, 6.45) is 2.83. The predicted octanol–water partition coefficient (Wildman–Crippen LogP) is 3.98. The normalized spacial score (nSPS) is 12.3. The van der Waals surface area contributed by atoms with E-state index in [4.69, 9.17) is 0 Å². The van der Waals surface area contributed by atoms with Crippen molar-refractivity contribution in [2.75, 3.05) is 6.54 Å². The fraction of sp³-hybridized carbons (Fsp3) is 0.333. The zero-order valence-corrected chi connectivity index (χ0v) is 12.0. The molecule has 2 rings (SSSR count). The lowest BCUT2D eigenvalue weighted by molar-refractivity contribution is 0.494. The molecule has 0 amide bonds.